The number of carboxylic acid groups (broad SMARTS) is 2. The van der Waals surface area contributed by atoms with E-state index in [1.54, 1.807) is 23.6 Å². The third-order valence-electron chi connectivity index (χ3n) is 4.94. The van der Waals surface area contributed by atoms with Crippen LogP contribution in [0, 0.1) is 5.82 Å². The van der Waals surface area contributed by atoms with Gasteiger partial charge in [0, 0.05) is 30.4 Å². The monoisotopic (exact) mass is 563 g/mol. The number of alkyl halides is 6. The first-order valence-electron chi connectivity index (χ1n) is 10.3. The number of aromatic nitrogens is 2. The van der Waals surface area contributed by atoms with Crippen molar-refractivity contribution >= 4 is 23.3 Å². The van der Waals surface area contributed by atoms with Gasteiger partial charge in [-0.25, -0.2) is 23.9 Å². The molecule has 37 heavy (non-hydrogen) atoms. The van der Waals surface area contributed by atoms with Gasteiger partial charge >= 0.3 is 24.3 Å². The number of rotatable bonds is 4. The molecule has 0 spiro atoms. The second-order valence-corrected chi connectivity index (χ2v) is 8.41. The summed E-state index contributed by atoms with van der Waals surface area (Å²) < 4.78 is 89.0. The van der Waals surface area contributed by atoms with E-state index in [0.29, 0.717) is 12.6 Å². The van der Waals surface area contributed by atoms with Gasteiger partial charge in [0.1, 0.15) is 17.2 Å². The van der Waals surface area contributed by atoms with Crippen LogP contribution in [0.25, 0.3) is 0 Å². The number of hydrogen-bond acceptors (Lipinski definition) is 8. The molecule has 4 rings (SSSR count). The Bertz CT molecular complexity index is 999. The zero-order valence-electron chi connectivity index (χ0n) is 18.6. The highest BCUT2D eigenvalue weighted by molar-refractivity contribution is 7.09. The number of fused-ring (bicyclic) bond motifs is 1. The van der Waals surface area contributed by atoms with Gasteiger partial charge in [0.15, 0.2) is 5.82 Å². The highest BCUT2D eigenvalue weighted by Crippen LogP contribution is 2.34. The molecule has 9 nitrogen and oxygen atoms in total. The van der Waals surface area contributed by atoms with E-state index in [2.05, 4.69) is 14.9 Å². The number of halogens is 7. The summed E-state index contributed by atoms with van der Waals surface area (Å²) in [6.45, 7) is 2.40. The highest BCUT2D eigenvalue weighted by atomic mass is 32.1. The van der Waals surface area contributed by atoms with Crippen LogP contribution in [0.2, 0.25) is 0 Å². The molecule has 0 unspecified atom stereocenters. The summed E-state index contributed by atoms with van der Waals surface area (Å²) in [7, 11) is 0. The molecule has 2 aromatic heterocycles. The second kappa shape index (κ2) is 13.0. The van der Waals surface area contributed by atoms with Crippen molar-refractivity contribution in [3.63, 3.8) is 0 Å². The van der Waals surface area contributed by atoms with Crippen LogP contribution in [0.3, 0.4) is 0 Å². The maximum atomic E-state index is 13.8. The van der Waals surface area contributed by atoms with Crippen molar-refractivity contribution < 1.29 is 60.0 Å². The van der Waals surface area contributed by atoms with E-state index < -0.39 is 30.1 Å². The Kier molecular flexibility index (Phi) is 10.6. The van der Waals surface area contributed by atoms with Crippen molar-refractivity contribution in [2.75, 3.05) is 13.2 Å². The quantitative estimate of drug-likeness (QED) is 0.536. The Labute approximate surface area is 208 Å². The van der Waals surface area contributed by atoms with E-state index in [-0.39, 0.29) is 18.1 Å². The Hall–Kier alpha value is -3.05. The fraction of sp³-hybridized carbons (Fsp3) is 0.500. The molecule has 17 heteroatoms. The van der Waals surface area contributed by atoms with Crippen LogP contribution in [0.1, 0.15) is 17.8 Å². The van der Waals surface area contributed by atoms with Crippen molar-refractivity contribution in [2.24, 2.45) is 0 Å². The lowest BCUT2D eigenvalue weighted by Crippen LogP contribution is -2.51. The Balaban J connectivity index is 0.000000286. The fourth-order valence-corrected chi connectivity index (χ4v) is 4.06. The van der Waals surface area contributed by atoms with E-state index in [9.17, 15) is 30.7 Å². The maximum Gasteiger partial charge on any atom is 0.490 e. The van der Waals surface area contributed by atoms with Crippen molar-refractivity contribution in [2.45, 2.75) is 50.0 Å². The van der Waals surface area contributed by atoms with Gasteiger partial charge in [-0.1, -0.05) is 0 Å². The number of ether oxygens (including phenoxy) is 2. The van der Waals surface area contributed by atoms with E-state index >= 15 is 0 Å². The molecule has 0 radical (unpaired) electrons. The average molecular weight is 563 g/mol. The van der Waals surface area contributed by atoms with Gasteiger partial charge in [-0.3, -0.25) is 4.90 Å². The van der Waals surface area contributed by atoms with Crippen molar-refractivity contribution in [3.8, 4) is 5.88 Å². The van der Waals surface area contributed by atoms with Crippen LogP contribution in [0.5, 0.6) is 5.88 Å². The predicted octanol–water partition coefficient (Wildman–Crippen LogP) is 3.75. The van der Waals surface area contributed by atoms with Crippen LogP contribution in [0.15, 0.2) is 29.9 Å². The number of pyridine rings is 1. The maximum absolute atomic E-state index is 13.8. The van der Waals surface area contributed by atoms with Crippen LogP contribution in [-0.2, 0) is 20.9 Å². The molecule has 0 amide bonds. The highest BCUT2D eigenvalue weighted by Gasteiger charge is 2.44. The average Bonchev–Trinajstić information content (AvgIpc) is 3.46. The standard InChI is InChI=1S/C16H18FN3O2S.2C2HF3O2/c17-11-2-1-5-19-16(11)22-13-4-3-12-15(13)21-8-7-20(12)10-14-18-6-9-23-14;2*3-2(4,5)1(6)7/h1-2,5-6,9,12-13,15H,3-4,7-8,10H2;2*(H,6,7)/t12-,13-,15+;;/m0../s1. The van der Waals surface area contributed by atoms with Gasteiger partial charge in [-0.15, -0.1) is 11.3 Å². The normalized spacial score (nSPS) is 21.5. The van der Waals surface area contributed by atoms with Crippen molar-refractivity contribution in [3.05, 3.63) is 40.7 Å². The van der Waals surface area contributed by atoms with Gasteiger partial charge in [0.25, 0.3) is 5.88 Å². The molecule has 0 aromatic carbocycles. The molecule has 3 heterocycles. The van der Waals surface area contributed by atoms with Crippen LogP contribution in [0.4, 0.5) is 30.7 Å². The topological polar surface area (TPSA) is 122 Å². The van der Waals surface area contributed by atoms with E-state index in [1.807, 2.05) is 11.6 Å². The SMILES string of the molecule is Fc1cccnc1O[C@H]1CC[C@H]2[C@H]1OCCN2Cc1nccs1.O=C(O)C(F)(F)F.O=C(O)C(F)(F)F. The second-order valence-electron chi connectivity index (χ2n) is 7.43. The van der Waals surface area contributed by atoms with Gasteiger partial charge in [-0.05, 0) is 25.0 Å². The number of nitrogens with zero attached hydrogens (tertiary/aromatic N) is 3. The largest absolute Gasteiger partial charge is 0.490 e. The third-order valence-corrected chi connectivity index (χ3v) is 5.71. The summed E-state index contributed by atoms with van der Waals surface area (Å²) in [6, 6.07) is 3.22. The Morgan fingerprint density at radius 2 is 1.70 bits per heavy atom. The van der Waals surface area contributed by atoms with Crippen LogP contribution >= 0.6 is 11.3 Å². The summed E-state index contributed by atoms with van der Waals surface area (Å²) in [5.74, 6) is -5.87. The molecule has 1 saturated carbocycles. The minimum absolute atomic E-state index is 0.0369. The first-order valence-corrected chi connectivity index (χ1v) is 11.2. The minimum atomic E-state index is -5.08. The van der Waals surface area contributed by atoms with Crippen molar-refractivity contribution in [1.29, 1.82) is 0 Å². The first-order chi connectivity index (χ1) is 17.2. The van der Waals surface area contributed by atoms with E-state index in [1.165, 1.54) is 6.07 Å². The lowest BCUT2D eigenvalue weighted by atomic mass is 10.1. The molecule has 0 bridgehead atoms. The van der Waals surface area contributed by atoms with Crippen LogP contribution in [-0.4, -0.2) is 80.8 Å². The van der Waals surface area contributed by atoms with Gasteiger partial charge in [0.2, 0.25) is 0 Å². The molecule has 2 aromatic rings. The molecular formula is C20H20F7N3O6S. The first kappa shape index (κ1) is 30.2. The molecular weight excluding hydrogens is 543 g/mol. The smallest absolute Gasteiger partial charge is 0.475 e. The third kappa shape index (κ3) is 9.40. The van der Waals surface area contributed by atoms with E-state index in [0.717, 1.165) is 30.9 Å². The zero-order valence-corrected chi connectivity index (χ0v) is 19.4. The molecule has 1 aliphatic carbocycles. The molecule has 1 saturated heterocycles. The summed E-state index contributed by atoms with van der Waals surface area (Å²) >= 11 is 1.67. The molecule has 3 atom stereocenters. The number of thiazole rings is 1. The summed E-state index contributed by atoms with van der Waals surface area (Å²) in [6.07, 6.45) is -5.15. The predicted molar refractivity (Wildman–Crippen MR) is 111 cm³/mol. The Morgan fingerprint density at radius 1 is 1.08 bits per heavy atom. The summed E-state index contributed by atoms with van der Waals surface area (Å²) in [4.78, 5) is 28.6. The lowest BCUT2D eigenvalue weighted by molar-refractivity contribution is -0.193. The fourth-order valence-electron chi connectivity index (χ4n) is 3.42. The number of hydrogen-bond donors (Lipinski definition) is 2. The molecule has 1 aliphatic heterocycles. The molecule has 2 fully saturated rings. The molecule has 2 N–H and O–H groups in total. The Morgan fingerprint density at radius 3 is 2.22 bits per heavy atom. The number of morpholine rings is 1. The number of aliphatic carboxylic acids is 2. The van der Waals surface area contributed by atoms with Crippen molar-refractivity contribution in [1.82, 2.24) is 14.9 Å². The zero-order chi connectivity index (χ0) is 27.8. The molecule has 206 valence electrons. The minimum Gasteiger partial charge on any atom is -0.475 e. The summed E-state index contributed by atoms with van der Waals surface area (Å²) in [5.41, 5.74) is 0. The number of carboxylic acids is 2. The summed E-state index contributed by atoms with van der Waals surface area (Å²) in [5, 5.41) is 17.4. The van der Waals surface area contributed by atoms with Gasteiger partial charge < -0.3 is 19.7 Å². The van der Waals surface area contributed by atoms with Gasteiger partial charge in [-0.2, -0.15) is 26.3 Å². The number of carbonyl (C=O) groups is 2. The molecule has 2 aliphatic rings. The van der Waals surface area contributed by atoms with Gasteiger partial charge in [0.05, 0.1) is 13.2 Å². The van der Waals surface area contributed by atoms with E-state index in [4.69, 9.17) is 29.3 Å². The lowest BCUT2D eigenvalue weighted by Gasteiger charge is -2.38. The van der Waals surface area contributed by atoms with Crippen LogP contribution < -0.4 is 4.74 Å².